The fourth-order valence-corrected chi connectivity index (χ4v) is 2.96. The summed E-state index contributed by atoms with van der Waals surface area (Å²) >= 11 is 1.42. The molecule has 0 saturated heterocycles. The molecule has 0 spiro atoms. The van der Waals surface area contributed by atoms with Gasteiger partial charge in [-0.25, -0.2) is 0 Å². The number of carbonyl (C=O) groups excluding carboxylic acids is 1. The molecule has 23 heavy (non-hydrogen) atoms. The number of hydrogen-bond donors (Lipinski definition) is 1. The van der Waals surface area contributed by atoms with Gasteiger partial charge in [-0.05, 0) is 48.2 Å². The van der Waals surface area contributed by atoms with Gasteiger partial charge in [-0.2, -0.15) is 0 Å². The molecule has 3 aromatic rings. The molecule has 116 valence electrons. The highest BCUT2D eigenvalue weighted by Crippen LogP contribution is 2.19. The third-order valence-electron chi connectivity index (χ3n) is 3.30. The van der Waals surface area contributed by atoms with Gasteiger partial charge in [0.05, 0.1) is 4.88 Å². The molecule has 1 N–H and O–H groups in total. The minimum absolute atomic E-state index is 0.0911. The van der Waals surface area contributed by atoms with Crippen LogP contribution in [0.4, 0.5) is 5.69 Å². The van der Waals surface area contributed by atoms with Crippen LogP contribution >= 0.6 is 11.3 Å². The van der Waals surface area contributed by atoms with E-state index in [1.54, 1.807) is 0 Å². The summed E-state index contributed by atoms with van der Waals surface area (Å²) in [5.74, 6) is 0.732. The minimum atomic E-state index is -0.0911. The summed E-state index contributed by atoms with van der Waals surface area (Å²) in [4.78, 5) is 13.0. The van der Waals surface area contributed by atoms with E-state index in [-0.39, 0.29) is 5.91 Å². The Balaban J connectivity index is 1.61. The van der Waals surface area contributed by atoms with Gasteiger partial charge < -0.3 is 10.1 Å². The summed E-state index contributed by atoms with van der Waals surface area (Å²) in [7, 11) is 0. The smallest absolute Gasteiger partial charge is 0.265 e. The lowest BCUT2D eigenvalue weighted by Gasteiger charge is -2.04. The Labute approximate surface area is 139 Å². The van der Waals surface area contributed by atoms with Crippen molar-refractivity contribution in [3.63, 3.8) is 0 Å². The molecule has 0 atom stereocenters. The summed E-state index contributed by atoms with van der Waals surface area (Å²) in [5, 5.41) is 4.87. The summed E-state index contributed by atoms with van der Waals surface area (Å²) in [5.41, 5.74) is 2.92. The lowest BCUT2D eigenvalue weighted by molar-refractivity contribution is 0.103. The van der Waals surface area contributed by atoms with E-state index in [1.807, 2.05) is 73.0 Å². The molecule has 0 aliphatic heterocycles. The van der Waals surface area contributed by atoms with E-state index in [4.69, 9.17) is 4.74 Å². The van der Waals surface area contributed by atoms with Gasteiger partial charge in [0.25, 0.3) is 5.91 Å². The SMILES string of the molecule is Cc1cccc(NC(=O)c2cc(COc3ccccc3)cs2)c1. The number of ether oxygens (including phenoxy) is 1. The number of para-hydroxylation sites is 1. The highest BCUT2D eigenvalue weighted by Gasteiger charge is 2.10. The standard InChI is InChI=1S/C19H17NO2S/c1-14-6-5-7-16(10-14)20-19(21)18-11-15(13-23-18)12-22-17-8-3-2-4-9-17/h2-11,13H,12H2,1H3,(H,20,21). The van der Waals surface area contributed by atoms with E-state index < -0.39 is 0 Å². The largest absolute Gasteiger partial charge is 0.489 e. The first-order valence-corrected chi connectivity index (χ1v) is 8.22. The monoisotopic (exact) mass is 323 g/mol. The number of benzene rings is 2. The van der Waals surface area contributed by atoms with Crippen molar-refractivity contribution in [2.75, 3.05) is 5.32 Å². The molecule has 0 saturated carbocycles. The first kappa shape index (κ1) is 15.3. The van der Waals surface area contributed by atoms with Crippen molar-refractivity contribution >= 4 is 22.9 Å². The van der Waals surface area contributed by atoms with Crippen LogP contribution in [-0.2, 0) is 6.61 Å². The van der Waals surface area contributed by atoms with Gasteiger partial charge in [0.15, 0.2) is 0 Å². The van der Waals surface area contributed by atoms with Crippen molar-refractivity contribution in [2.45, 2.75) is 13.5 Å². The maximum Gasteiger partial charge on any atom is 0.265 e. The number of hydrogen-bond acceptors (Lipinski definition) is 3. The zero-order valence-electron chi connectivity index (χ0n) is 12.8. The Bertz CT molecular complexity index is 796. The van der Waals surface area contributed by atoms with Crippen molar-refractivity contribution in [3.05, 3.63) is 82.0 Å². The summed E-state index contributed by atoms with van der Waals surface area (Å²) in [6, 6.07) is 19.3. The van der Waals surface area contributed by atoms with E-state index >= 15 is 0 Å². The molecule has 0 radical (unpaired) electrons. The Morgan fingerprint density at radius 3 is 2.70 bits per heavy atom. The molecular weight excluding hydrogens is 306 g/mol. The zero-order chi connectivity index (χ0) is 16.1. The lowest BCUT2D eigenvalue weighted by atomic mass is 10.2. The van der Waals surface area contributed by atoms with E-state index in [0.29, 0.717) is 11.5 Å². The second-order valence-corrected chi connectivity index (χ2v) is 6.16. The topological polar surface area (TPSA) is 38.3 Å². The van der Waals surface area contributed by atoms with Gasteiger partial charge >= 0.3 is 0 Å². The Morgan fingerprint density at radius 2 is 1.91 bits per heavy atom. The molecule has 1 amide bonds. The van der Waals surface area contributed by atoms with Crippen molar-refractivity contribution in [1.29, 1.82) is 0 Å². The molecule has 0 aliphatic carbocycles. The van der Waals surface area contributed by atoms with Crippen LogP contribution in [0.3, 0.4) is 0 Å². The van der Waals surface area contributed by atoms with Crippen LogP contribution < -0.4 is 10.1 Å². The van der Waals surface area contributed by atoms with Crippen LogP contribution in [0.2, 0.25) is 0 Å². The molecule has 0 fully saturated rings. The summed E-state index contributed by atoms with van der Waals surface area (Å²) < 4.78 is 5.69. The molecule has 0 aliphatic rings. The fraction of sp³-hybridized carbons (Fsp3) is 0.105. The Hall–Kier alpha value is -2.59. The number of carbonyl (C=O) groups is 1. The number of anilines is 1. The van der Waals surface area contributed by atoms with Gasteiger partial charge in [-0.1, -0.05) is 30.3 Å². The van der Waals surface area contributed by atoms with Gasteiger partial charge in [0.2, 0.25) is 0 Å². The molecule has 0 bridgehead atoms. The number of rotatable bonds is 5. The lowest BCUT2D eigenvalue weighted by Crippen LogP contribution is -2.10. The predicted octanol–water partition coefficient (Wildman–Crippen LogP) is 4.89. The van der Waals surface area contributed by atoms with Crippen LogP contribution in [0, 0.1) is 6.92 Å². The molecular formula is C19H17NO2S. The van der Waals surface area contributed by atoms with Crippen LogP contribution in [0.5, 0.6) is 5.75 Å². The molecule has 1 aromatic heterocycles. The van der Waals surface area contributed by atoms with Crippen molar-refractivity contribution in [2.24, 2.45) is 0 Å². The van der Waals surface area contributed by atoms with E-state index in [2.05, 4.69) is 5.32 Å². The quantitative estimate of drug-likeness (QED) is 0.726. The number of aryl methyl sites for hydroxylation is 1. The van der Waals surface area contributed by atoms with Crippen LogP contribution in [0.25, 0.3) is 0 Å². The van der Waals surface area contributed by atoms with Gasteiger partial charge in [0, 0.05) is 11.3 Å². The normalized spacial score (nSPS) is 10.3. The van der Waals surface area contributed by atoms with Crippen LogP contribution in [0.15, 0.2) is 66.0 Å². The average Bonchev–Trinajstić information content (AvgIpc) is 3.03. The molecule has 1 heterocycles. The van der Waals surface area contributed by atoms with Crippen molar-refractivity contribution < 1.29 is 9.53 Å². The maximum atomic E-state index is 12.3. The maximum absolute atomic E-state index is 12.3. The third-order valence-corrected chi connectivity index (χ3v) is 4.28. The van der Waals surface area contributed by atoms with E-state index in [9.17, 15) is 4.79 Å². The van der Waals surface area contributed by atoms with Crippen molar-refractivity contribution in [1.82, 2.24) is 0 Å². The number of amides is 1. The molecule has 3 nitrogen and oxygen atoms in total. The number of nitrogens with one attached hydrogen (secondary N) is 1. The highest BCUT2D eigenvalue weighted by molar-refractivity contribution is 7.12. The van der Waals surface area contributed by atoms with Crippen LogP contribution in [0.1, 0.15) is 20.8 Å². The predicted molar refractivity (Wildman–Crippen MR) is 94.2 cm³/mol. The van der Waals surface area contributed by atoms with Crippen LogP contribution in [-0.4, -0.2) is 5.91 Å². The first-order valence-electron chi connectivity index (χ1n) is 7.34. The summed E-state index contributed by atoms with van der Waals surface area (Å²) in [6.45, 7) is 2.46. The average molecular weight is 323 g/mol. The third kappa shape index (κ3) is 4.20. The number of thiophene rings is 1. The van der Waals surface area contributed by atoms with E-state index in [0.717, 1.165) is 22.6 Å². The van der Waals surface area contributed by atoms with Gasteiger partial charge in [0.1, 0.15) is 12.4 Å². The molecule has 4 heteroatoms. The summed E-state index contributed by atoms with van der Waals surface area (Å²) in [6.07, 6.45) is 0. The Kier molecular flexibility index (Phi) is 4.74. The van der Waals surface area contributed by atoms with Crippen molar-refractivity contribution in [3.8, 4) is 5.75 Å². The second kappa shape index (κ2) is 7.11. The zero-order valence-corrected chi connectivity index (χ0v) is 13.6. The fourth-order valence-electron chi connectivity index (χ4n) is 2.17. The Morgan fingerprint density at radius 1 is 1.09 bits per heavy atom. The molecule has 0 unspecified atom stereocenters. The van der Waals surface area contributed by atoms with Gasteiger partial charge in [-0.3, -0.25) is 4.79 Å². The molecule has 2 aromatic carbocycles. The highest BCUT2D eigenvalue weighted by atomic mass is 32.1. The van der Waals surface area contributed by atoms with Gasteiger partial charge in [-0.15, -0.1) is 11.3 Å². The first-order chi connectivity index (χ1) is 11.2. The molecule has 3 rings (SSSR count). The van der Waals surface area contributed by atoms with E-state index in [1.165, 1.54) is 11.3 Å². The second-order valence-electron chi connectivity index (χ2n) is 5.24. The minimum Gasteiger partial charge on any atom is -0.489 e.